The normalized spacial score (nSPS) is 10.8. The molecule has 0 aliphatic carbocycles. The molecule has 0 aliphatic heterocycles. The number of carbonyl (C=O) groups is 3. The van der Waals surface area contributed by atoms with E-state index in [9.17, 15) is 14.4 Å². The van der Waals surface area contributed by atoms with Crippen LogP contribution in [0.2, 0.25) is 10.0 Å². The maximum absolute atomic E-state index is 12.2. The second-order valence-corrected chi connectivity index (χ2v) is 7.18. The van der Waals surface area contributed by atoms with Gasteiger partial charge in [0.05, 0.1) is 27.1 Å². The van der Waals surface area contributed by atoms with Crippen molar-refractivity contribution in [2.45, 2.75) is 13.8 Å². The highest BCUT2D eigenvalue weighted by molar-refractivity contribution is 7.18. The summed E-state index contributed by atoms with van der Waals surface area (Å²) in [6, 6.07) is 4.92. The maximum atomic E-state index is 12.2. The largest absolute Gasteiger partial charge is 0.462 e. The monoisotopic (exact) mass is 426 g/mol. The highest BCUT2D eigenvalue weighted by Gasteiger charge is 2.25. The van der Waals surface area contributed by atoms with Crippen molar-refractivity contribution in [1.29, 1.82) is 0 Å². The highest BCUT2D eigenvalue weighted by atomic mass is 35.5. The summed E-state index contributed by atoms with van der Waals surface area (Å²) < 4.78 is 5.00. The smallest absolute Gasteiger partial charge is 0.341 e. The van der Waals surface area contributed by atoms with Crippen molar-refractivity contribution in [2.24, 2.45) is 5.73 Å². The van der Waals surface area contributed by atoms with Crippen LogP contribution >= 0.6 is 34.5 Å². The van der Waals surface area contributed by atoms with E-state index in [-0.39, 0.29) is 22.0 Å². The van der Waals surface area contributed by atoms with Gasteiger partial charge in [-0.2, -0.15) is 0 Å². The van der Waals surface area contributed by atoms with E-state index in [2.05, 4.69) is 5.32 Å². The van der Waals surface area contributed by atoms with Gasteiger partial charge >= 0.3 is 5.97 Å². The van der Waals surface area contributed by atoms with E-state index in [1.807, 2.05) is 0 Å². The predicted molar refractivity (Wildman–Crippen MR) is 108 cm³/mol. The van der Waals surface area contributed by atoms with E-state index in [0.29, 0.717) is 21.2 Å². The Labute approximate surface area is 169 Å². The average Bonchev–Trinajstić information content (AvgIpc) is 2.92. The minimum Gasteiger partial charge on any atom is -0.462 e. The third kappa shape index (κ3) is 5.09. The topological polar surface area (TPSA) is 98.5 Å². The molecule has 0 bridgehead atoms. The number of thiophene rings is 1. The molecule has 0 fully saturated rings. The number of hydrogen-bond donors (Lipinski definition) is 2. The Bertz CT molecular complexity index is 938. The molecule has 0 saturated carbocycles. The van der Waals surface area contributed by atoms with Gasteiger partial charge in [0.2, 0.25) is 5.91 Å². The van der Waals surface area contributed by atoms with Crippen molar-refractivity contribution >= 4 is 63.4 Å². The van der Waals surface area contributed by atoms with Crippen LogP contribution in [0.15, 0.2) is 24.3 Å². The fourth-order valence-electron chi connectivity index (χ4n) is 2.23. The molecule has 9 heteroatoms. The molecule has 0 unspecified atom stereocenters. The molecule has 0 aliphatic rings. The fourth-order valence-corrected chi connectivity index (χ4v) is 3.58. The number of hydrogen-bond acceptors (Lipinski definition) is 5. The van der Waals surface area contributed by atoms with Crippen LogP contribution < -0.4 is 11.1 Å². The number of primary amides is 1. The first-order valence-electron chi connectivity index (χ1n) is 7.79. The van der Waals surface area contributed by atoms with E-state index in [1.165, 1.54) is 12.2 Å². The summed E-state index contributed by atoms with van der Waals surface area (Å²) in [5.74, 6) is -1.82. The van der Waals surface area contributed by atoms with Crippen LogP contribution in [0, 0.1) is 6.92 Å². The van der Waals surface area contributed by atoms with Crippen LogP contribution in [0.25, 0.3) is 6.08 Å². The van der Waals surface area contributed by atoms with Gasteiger partial charge in [0.25, 0.3) is 5.91 Å². The number of nitrogens with one attached hydrogen (secondary N) is 1. The number of rotatable bonds is 6. The summed E-state index contributed by atoms with van der Waals surface area (Å²) in [6.45, 7) is 3.39. The summed E-state index contributed by atoms with van der Waals surface area (Å²) in [5.41, 5.74) is 6.49. The minimum absolute atomic E-state index is 0.118. The van der Waals surface area contributed by atoms with Crippen LogP contribution in [0.4, 0.5) is 5.00 Å². The Kier molecular flexibility index (Phi) is 7.01. The van der Waals surface area contributed by atoms with Gasteiger partial charge in [0.1, 0.15) is 5.00 Å². The fraction of sp³-hybridized carbons (Fsp3) is 0.167. The molecule has 0 atom stereocenters. The van der Waals surface area contributed by atoms with Gasteiger partial charge in [0.15, 0.2) is 0 Å². The lowest BCUT2D eigenvalue weighted by Gasteiger charge is -2.05. The second kappa shape index (κ2) is 9.03. The molecule has 0 spiro atoms. The second-order valence-electron chi connectivity index (χ2n) is 5.34. The molecule has 6 nitrogen and oxygen atoms in total. The first-order chi connectivity index (χ1) is 12.7. The molecule has 0 radical (unpaired) electrons. The van der Waals surface area contributed by atoms with Crippen molar-refractivity contribution in [3.63, 3.8) is 0 Å². The van der Waals surface area contributed by atoms with Gasteiger partial charge in [-0.15, -0.1) is 11.3 Å². The SMILES string of the molecule is CCOC(=O)c1c(NC(=O)/C=C/c2ccc(Cl)c(Cl)c2)sc(C(N)=O)c1C. The molecule has 1 heterocycles. The third-order valence-corrected chi connectivity index (χ3v) is 5.42. The number of amides is 2. The number of esters is 1. The van der Waals surface area contributed by atoms with Crippen LogP contribution in [0.5, 0.6) is 0 Å². The number of ether oxygens (including phenoxy) is 1. The van der Waals surface area contributed by atoms with E-state index in [4.69, 9.17) is 33.7 Å². The zero-order chi connectivity index (χ0) is 20.1. The lowest BCUT2D eigenvalue weighted by atomic mass is 10.1. The van der Waals surface area contributed by atoms with Crippen molar-refractivity contribution < 1.29 is 19.1 Å². The van der Waals surface area contributed by atoms with Crippen LogP contribution in [-0.4, -0.2) is 24.4 Å². The van der Waals surface area contributed by atoms with Crippen LogP contribution in [0.3, 0.4) is 0 Å². The van der Waals surface area contributed by atoms with Crippen LogP contribution in [-0.2, 0) is 9.53 Å². The zero-order valence-corrected chi connectivity index (χ0v) is 16.8. The average molecular weight is 427 g/mol. The van der Waals surface area contributed by atoms with Gasteiger partial charge in [-0.05, 0) is 43.2 Å². The number of carbonyl (C=O) groups excluding carboxylic acids is 3. The van der Waals surface area contributed by atoms with Gasteiger partial charge in [0, 0.05) is 6.08 Å². The minimum atomic E-state index is -0.685. The van der Waals surface area contributed by atoms with Crippen molar-refractivity contribution in [1.82, 2.24) is 0 Å². The first kappa shape index (κ1) is 21.0. The quantitative estimate of drug-likeness (QED) is 0.531. The summed E-state index contributed by atoms with van der Waals surface area (Å²) in [4.78, 5) is 36.2. The van der Waals surface area contributed by atoms with Gasteiger partial charge in [-0.1, -0.05) is 29.3 Å². The molecule has 2 aromatic rings. The first-order valence-corrected chi connectivity index (χ1v) is 9.36. The molecule has 2 rings (SSSR count). The standard InChI is InChI=1S/C18H16Cl2N2O4S/c1-3-26-18(25)14-9(2)15(16(21)24)27-17(14)22-13(23)7-5-10-4-6-11(19)12(20)8-10/h4-8H,3H2,1-2H3,(H2,21,24)(H,22,23)/b7-5+. The summed E-state index contributed by atoms with van der Waals surface area (Å²) in [6.07, 6.45) is 2.81. The Morgan fingerprint density at radius 1 is 1.26 bits per heavy atom. The van der Waals surface area contributed by atoms with Crippen LogP contribution in [0.1, 0.15) is 38.1 Å². The van der Waals surface area contributed by atoms with Crippen molar-refractivity contribution in [3.8, 4) is 0 Å². The van der Waals surface area contributed by atoms with Gasteiger partial charge in [-0.25, -0.2) is 4.79 Å². The number of nitrogens with two attached hydrogens (primary N) is 1. The van der Waals surface area contributed by atoms with Crippen molar-refractivity contribution in [3.05, 3.63) is 55.9 Å². The Morgan fingerprint density at radius 3 is 2.56 bits per heavy atom. The molecule has 27 heavy (non-hydrogen) atoms. The molecule has 1 aromatic carbocycles. The maximum Gasteiger partial charge on any atom is 0.341 e. The number of halogens is 2. The zero-order valence-electron chi connectivity index (χ0n) is 14.5. The molecule has 3 N–H and O–H groups in total. The molecule has 2 amide bonds. The summed E-state index contributed by atoms with van der Waals surface area (Å²) >= 11 is 12.7. The predicted octanol–water partition coefficient (Wildman–Crippen LogP) is 4.29. The van der Waals surface area contributed by atoms with Crippen molar-refractivity contribution in [2.75, 3.05) is 11.9 Å². The van der Waals surface area contributed by atoms with E-state index >= 15 is 0 Å². The Balaban J connectivity index is 2.27. The van der Waals surface area contributed by atoms with E-state index in [0.717, 1.165) is 11.3 Å². The lowest BCUT2D eigenvalue weighted by Crippen LogP contribution is -2.13. The Hall–Kier alpha value is -2.35. The third-order valence-electron chi connectivity index (χ3n) is 3.46. The molecular weight excluding hydrogens is 411 g/mol. The Morgan fingerprint density at radius 2 is 1.96 bits per heavy atom. The van der Waals surface area contributed by atoms with E-state index in [1.54, 1.807) is 32.0 Å². The number of benzene rings is 1. The summed E-state index contributed by atoms with van der Waals surface area (Å²) in [7, 11) is 0. The molecule has 142 valence electrons. The van der Waals surface area contributed by atoms with Gasteiger partial charge in [-0.3, -0.25) is 9.59 Å². The van der Waals surface area contributed by atoms with E-state index < -0.39 is 17.8 Å². The molecule has 0 saturated heterocycles. The number of anilines is 1. The summed E-state index contributed by atoms with van der Waals surface area (Å²) in [5, 5.41) is 3.56. The molecular formula is C18H16Cl2N2O4S. The van der Waals surface area contributed by atoms with Gasteiger partial charge < -0.3 is 15.8 Å². The highest BCUT2D eigenvalue weighted by Crippen LogP contribution is 2.33. The lowest BCUT2D eigenvalue weighted by molar-refractivity contribution is -0.111. The molecule has 1 aromatic heterocycles.